The molecule has 0 aliphatic carbocycles. The molecule has 2 heterocycles. The Balaban J connectivity index is 0.000000250. The molecule has 0 saturated carbocycles. The summed E-state index contributed by atoms with van der Waals surface area (Å²) in [7, 11) is 2.77. The van der Waals surface area contributed by atoms with Gasteiger partial charge in [-0.3, -0.25) is 0 Å². The fourth-order valence-corrected chi connectivity index (χ4v) is 5.52. The number of likely N-dealkylation sites (tertiary alicyclic amines) is 2. The second-order valence-electron chi connectivity index (χ2n) is 13.7. The van der Waals surface area contributed by atoms with Crippen LogP contribution in [0.3, 0.4) is 0 Å². The van der Waals surface area contributed by atoms with E-state index >= 15 is 0 Å². The highest BCUT2D eigenvalue weighted by Crippen LogP contribution is 2.30. The summed E-state index contributed by atoms with van der Waals surface area (Å²) in [5.41, 5.74) is 2.44. The molecule has 0 N–H and O–H groups in total. The quantitative estimate of drug-likeness (QED) is 0.256. The fourth-order valence-electron chi connectivity index (χ4n) is 5.52. The number of benzene rings is 2. The zero-order valence-corrected chi connectivity index (χ0v) is 28.6. The number of ether oxygens (including phenoxy) is 4. The highest BCUT2D eigenvalue weighted by atomic mass is 16.6. The van der Waals surface area contributed by atoms with E-state index in [1.54, 1.807) is 21.9 Å². The van der Waals surface area contributed by atoms with Crippen LogP contribution in [0.4, 0.5) is 9.59 Å². The first kappa shape index (κ1) is 36.4. The summed E-state index contributed by atoms with van der Waals surface area (Å²) in [5, 5.41) is 0. The summed E-state index contributed by atoms with van der Waals surface area (Å²) in [4.78, 5) is 50.9. The Morgan fingerprint density at radius 1 is 0.587 bits per heavy atom. The number of methoxy groups -OCH3 is 2. The molecule has 0 spiro atoms. The molecule has 2 saturated heterocycles. The highest BCUT2D eigenvalue weighted by molar-refractivity contribution is 5.90. The van der Waals surface area contributed by atoms with Gasteiger partial charge in [0.05, 0.1) is 25.3 Å². The van der Waals surface area contributed by atoms with Gasteiger partial charge in [-0.25, -0.2) is 19.2 Å². The van der Waals surface area contributed by atoms with Gasteiger partial charge in [0, 0.05) is 26.2 Å². The Morgan fingerprint density at radius 2 is 0.913 bits per heavy atom. The third kappa shape index (κ3) is 11.1. The average Bonchev–Trinajstić information content (AvgIpc) is 3.03. The number of hydrogen-bond acceptors (Lipinski definition) is 8. The molecular formula is C36H50N2O8. The van der Waals surface area contributed by atoms with Crippen molar-refractivity contribution < 1.29 is 38.1 Å². The molecule has 0 aromatic heterocycles. The molecular weight excluding hydrogens is 588 g/mol. The van der Waals surface area contributed by atoms with Crippen LogP contribution in [0.5, 0.6) is 0 Å². The third-order valence-corrected chi connectivity index (χ3v) is 7.85. The van der Waals surface area contributed by atoms with Gasteiger partial charge in [0.15, 0.2) is 0 Å². The number of carbonyl (C=O) groups excluding carboxylic acids is 4. The molecule has 46 heavy (non-hydrogen) atoms. The number of amides is 2. The van der Waals surface area contributed by atoms with Crippen LogP contribution >= 0.6 is 0 Å². The van der Waals surface area contributed by atoms with Crippen molar-refractivity contribution in [3.63, 3.8) is 0 Å². The number of rotatable bonds is 4. The van der Waals surface area contributed by atoms with Crippen molar-refractivity contribution in [3.8, 4) is 0 Å². The van der Waals surface area contributed by atoms with E-state index in [1.165, 1.54) is 14.2 Å². The third-order valence-electron chi connectivity index (χ3n) is 7.85. The van der Waals surface area contributed by atoms with Crippen LogP contribution in [-0.4, -0.2) is 85.5 Å². The Hall–Kier alpha value is -4.08. The maximum absolute atomic E-state index is 12.1. The lowest BCUT2D eigenvalue weighted by atomic mass is 9.89. The molecule has 2 fully saturated rings. The molecule has 10 heteroatoms. The lowest BCUT2D eigenvalue weighted by Gasteiger charge is -2.33. The van der Waals surface area contributed by atoms with Crippen molar-refractivity contribution in [3.05, 3.63) is 70.8 Å². The highest BCUT2D eigenvalue weighted by Gasteiger charge is 2.29. The molecule has 0 radical (unpaired) electrons. The second kappa shape index (κ2) is 16.0. The van der Waals surface area contributed by atoms with E-state index in [0.29, 0.717) is 49.1 Å². The van der Waals surface area contributed by atoms with Gasteiger partial charge < -0.3 is 28.7 Å². The van der Waals surface area contributed by atoms with Crippen LogP contribution in [-0.2, 0) is 18.9 Å². The molecule has 252 valence electrons. The van der Waals surface area contributed by atoms with E-state index in [-0.39, 0.29) is 24.1 Å². The van der Waals surface area contributed by atoms with Gasteiger partial charge in [0.25, 0.3) is 0 Å². The molecule has 2 aliphatic rings. The minimum atomic E-state index is -0.469. The topological polar surface area (TPSA) is 112 Å². The molecule has 0 bridgehead atoms. The van der Waals surface area contributed by atoms with Crippen LogP contribution in [0.15, 0.2) is 48.5 Å². The SMILES string of the molecule is COC(=O)c1cccc(C2CCN(C(=O)OC(C)(C)C)CC2)c1.COC(=O)c1cccc(C2CCN(C(=O)OC(C)(C)C)CC2)c1. The lowest BCUT2D eigenvalue weighted by Crippen LogP contribution is -2.41. The zero-order valence-electron chi connectivity index (χ0n) is 28.6. The van der Waals surface area contributed by atoms with E-state index < -0.39 is 11.2 Å². The first-order chi connectivity index (χ1) is 21.6. The average molecular weight is 639 g/mol. The Morgan fingerprint density at radius 3 is 1.20 bits per heavy atom. The largest absolute Gasteiger partial charge is 0.465 e. The summed E-state index contributed by atoms with van der Waals surface area (Å²) in [5.74, 6) is 0.0488. The van der Waals surface area contributed by atoms with E-state index in [2.05, 4.69) is 0 Å². The minimum Gasteiger partial charge on any atom is -0.465 e. The van der Waals surface area contributed by atoms with Crippen molar-refractivity contribution in [1.82, 2.24) is 9.80 Å². The van der Waals surface area contributed by atoms with Crippen LogP contribution in [0.2, 0.25) is 0 Å². The van der Waals surface area contributed by atoms with E-state index in [4.69, 9.17) is 18.9 Å². The van der Waals surface area contributed by atoms with Gasteiger partial charge >= 0.3 is 24.1 Å². The minimum absolute atomic E-state index is 0.251. The molecule has 4 rings (SSSR count). The van der Waals surface area contributed by atoms with Crippen LogP contribution in [0, 0.1) is 0 Å². The number of piperidine rings is 2. The second-order valence-corrected chi connectivity index (χ2v) is 13.7. The summed E-state index contributed by atoms with van der Waals surface area (Å²) in [6.45, 7) is 13.9. The predicted molar refractivity (Wildman–Crippen MR) is 175 cm³/mol. The number of hydrogen-bond donors (Lipinski definition) is 0. The molecule has 2 amide bonds. The predicted octanol–water partition coefficient (Wildman–Crippen LogP) is 7.18. The summed E-state index contributed by atoms with van der Waals surface area (Å²) < 4.78 is 20.3. The van der Waals surface area contributed by atoms with Crippen LogP contribution < -0.4 is 0 Å². The van der Waals surface area contributed by atoms with Crippen molar-refractivity contribution in [2.75, 3.05) is 40.4 Å². The Bertz CT molecular complexity index is 1240. The standard InChI is InChI=1S/2C18H25NO4/c2*1-18(2,3)23-17(21)19-10-8-13(9-11-19)14-6-5-7-15(12-14)16(20)22-4/h2*5-7,12-13H,8-11H2,1-4H3. The monoisotopic (exact) mass is 638 g/mol. The van der Waals surface area contributed by atoms with Gasteiger partial charge in [-0.2, -0.15) is 0 Å². The first-order valence-corrected chi connectivity index (χ1v) is 15.9. The number of esters is 2. The van der Waals surface area contributed by atoms with Crippen LogP contribution in [0.25, 0.3) is 0 Å². The van der Waals surface area contributed by atoms with Crippen LogP contribution in [0.1, 0.15) is 111 Å². The Kier molecular flexibility index (Phi) is 12.6. The van der Waals surface area contributed by atoms with Gasteiger partial charge in [0.1, 0.15) is 11.2 Å². The van der Waals surface area contributed by atoms with Gasteiger partial charge in [-0.1, -0.05) is 24.3 Å². The van der Waals surface area contributed by atoms with E-state index in [9.17, 15) is 19.2 Å². The first-order valence-electron chi connectivity index (χ1n) is 15.9. The van der Waals surface area contributed by atoms with E-state index in [0.717, 1.165) is 36.8 Å². The summed E-state index contributed by atoms with van der Waals surface area (Å²) in [6.07, 6.45) is 2.96. The summed E-state index contributed by atoms with van der Waals surface area (Å²) >= 11 is 0. The van der Waals surface area contributed by atoms with Crippen molar-refractivity contribution in [2.45, 2.75) is 90.3 Å². The normalized spacial score (nSPS) is 16.1. The smallest absolute Gasteiger partial charge is 0.410 e. The molecule has 2 aromatic carbocycles. The maximum Gasteiger partial charge on any atom is 0.410 e. The molecule has 2 aromatic rings. The van der Waals surface area contributed by atoms with E-state index in [1.807, 2.05) is 77.9 Å². The van der Waals surface area contributed by atoms with Crippen molar-refractivity contribution >= 4 is 24.1 Å². The van der Waals surface area contributed by atoms with Crippen molar-refractivity contribution in [2.24, 2.45) is 0 Å². The molecule has 0 unspecified atom stereocenters. The fraction of sp³-hybridized carbons (Fsp3) is 0.556. The maximum atomic E-state index is 12.1. The van der Waals surface area contributed by atoms with Gasteiger partial charge in [-0.05, 0) is 114 Å². The van der Waals surface area contributed by atoms with Gasteiger partial charge in [0.2, 0.25) is 0 Å². The lowest BCUT2D eigenvalue weighted by molar-refractivity contribution is 0.0194. The summed E-state index contributed by atoms with van der Waals surface area (Å²) in [6, 6.07) is 15.1. The molecule has 10 nitrogen and oxygen atoms in total. The number of nitrogens with zero attached hydrogens (tertiary/aromatic N) is 2. The number of carbonyl (C=O) groups is 4. The Labute approximate surface area is 273 Å². The zero-order chi connectivity index (χ0) is 34.1. The molecule has 2 aliphatic heterocycles. The van der Waals surface area contributed by atoms with Crippen molar-refractivity contribution in [1.29, 1.82) is 0 Å². The van der Waals surface area contributed by atoms with Gasteiger partial charge in [-0.15, -0.1) is 0 Å². The molecule has 0 atom stereocenters.